The molecular formula is C24H26ClN3O2. The Morgan fingerprint density at radius 3 is 2.37 bits per heavy atom. The number of hydrogen-bond donors (Lipinski definition) is 3. The van der Waals surface area contributed by atoms with Gasteiger partial charge in [0.25, 0.3) is 0 Å². The van der Waals surface area contributed by atoms with Crippen LogP contribution in [0.4, 0.5) is 0 Å². The molecule has 1 aliphatic heterocycles. The van der Waals surface area contributed by atoms with Crippen molar-refractivity contribution in [3.8, 4) is 0 Å². The van der Waals surface area contributed by atoms with Crippen LogP contribution in [-0.4, -0.2) is 29.3 Å². The molecule has 2 aromatic carbocycles. The number of Topliss-reactive ketones (excluding diaryl/α,β-unsaturated/α-hetero) is 1. The number of ketones is 1. The fourth-order valence-corrected chi connectivity index (χ4v) is 4.37. The summed E-state index contributed by atoms with van der Waals surface area (Å²) in [7, 11) is 0. The molecule has 4 unspecified atom stereocenters. The van der Waals surface area contributed by atoms with E-state index in [0.717, 1.165) is 11.1 Å². The lowest BCUT2D eigenvalue weighted by atomic mass is 9.82. The topological polar surface area (TPSA) is 73.7 Å². The lowest BCUT2D eigenvalue weighted by Crippen LogP contribution is -2.31. The summed E-state index contributed by atoms with van der Waals surface area (Å²) in [6.45, 7) is 4.11. The first-order valence-electron chi connectivity index (χ1n) is 10.2. The van der Waals surface area contributed by atoms with Crippen molar-refractivity contribution >= 4 is 23.6 Å². The maximum atomic E-state index is 12.8. The zero-order valence-electron chi connectivity index (χ0n) is 17.1. The molecule has 4 rings (SSSR count). The number of hydrazine groups is 1. The molecule has 6 heteroatoms. The van der Waals surface area contributed by atoms with Gasteiger partial charge in [-0.1, -0.05) is 53.6 Å². The third-order valence-electron chi connectivity index (χ3n) is 5.99. The van der Waals surface area contributed by atoms with Gasteiger partial charge in [0.2, 0.25) is 0 Å². The van der Waals surface area contributed by atoms with Gasteiger partial charge in [-0.15, -0.1) is 0 Å². The number of aliphatic hydroxyl groups is 1. The number of nitrogens with one attached hydrogen (secondary N) is 2. The molecule has 1 heterocycles. The van der Waals surface area contributed by atoms with Gasteiger partial charge in [0.05, 0.1) is 5.57 Å². The summed E-state index contributed by atoms with van der Waals surface area (Å²) in [6, 6.07) is 16.0. The Labute approximate surface area is 181 Å². The van der Waals surface area contributed by atoms with Gasteiger partial charge < -0.3 is 5.11 Å². The van der Waals surface area contributed by atoms with E-state index in [1.54, 1.807) is 0 Å². The molecule has 0 saturated carbocycles. The molecule has 2 aromatic rings. The SMILES string of the molecule is Cc1ccc(C2CC(=O)C(/C=N/C3NNC(C)C3c3ccc(Cl)cc3)=C(O)C2)cc1. The lowest BCUT2D eigenvalue weighted by molar-refractivity contribution is -0.116. The second-order valence-corrected chi connectivity index (χ2v) is 8.61. The van der Waals surface area contributed by atoms with Gasteiger partial charge in [-0.3, -0.25) is 15.2 Å². The number of aryl methyl sites for hydroxylation is 1. The number of halogens is 1. The summed E-state index contributed by atoms with van der Waals surface area (Å²) in [6.07, 6.45) is 2.11. The molecule has 0 bridgehead atoms. The second kappa shape index (κ2) is 8.72. The Balaban J connectivity index is 1.52. The minimum Gasteiger partial charge on any atom is -0.511 e. The molecule has 3 N–H and O–H groups in total. The quantitative estimate of drug-likeness (QED) is 0.629. The van der Waals surface area contributed by atoms with Crippen LogP contribution in [0.15, 0.2) is 64.9 Å². The average molecular weight is 424 g/mol. The van der Waals surface area contributed by atoms with Gasteiger partial charge in [0, 0.05) is 36.0 Å². The lowest BCUT2D eigenvalue weighted by Gasteiger charge is -2.23. The van der Waals surface area contributed by atoms with E-state index >= 15 is 0 Å². The van der Waals surface area contributed by atoms with E-state index in [1.807, 2.05) is 55.5 Å². The van der Waals surface area contributed by atoms with Crippen molar-refractivity contribution < 1.29 is 9.90 Å². The maximum Gasteiger partial charge on any atom is 0.168 e. The monoisotopic (exact) mass is 423 g/mol. The van der Waals surface area contributed by atoms with Crippen molar-refractivity contribution in [3.05, 3.63) is 81.6 Å². The number of rotatable bonds is 4. The zero-order valence-corrected chi connectivity index (χ0v) is 17.9. The number of benzene rings is 2. The predicted molar refractivity (Wildman–Crippen MR) is 120 cm³/mol. The van der Waals surface area contributed by atoms with Crippen LogP contribution in [0.3, 0.4) is 0 Å². The fourth-order valence-electron chi connectivity index (χ4n) is 4.24. The van der Waals surface area contributed by atoms with Crippen LogP contribution in [0.25, 0.3) is 0 Å². The predicted octanol–water partition coefficient (Wildman–Crippen LogP) is 4.58. The molecular weight excluding hydrogens is 398 g/mol. The number of aliphatic hydroxyl groups excluding tert-OH is 1. The zero-order chi connectivity index (χ0) is 21.3. The van der Waals surface area contributed by atoms with Crippen LogP contribution in [-0.2, 0) is 4.79 Å². The number of carbonyl (C=O) groups excluding carboxylic acids is 1. The van der Waals surface area contributed by atoms with Crippen LogP contribution in [0.5, 0.6) is 0 Å². The van der Waals surface area contributed by atoms with Crippen molar-refractivity contribution in [2.24, 2.45) is 4.99 Å². The summed E-state index contributed by atoms with van der Waals surface area (Å²) in [5.41, 5.74) is 10.1. The highest BCUT2D eigenvalue weighted by Crippen LogP contribution is 2.34. The van der Waals surface area contributed by atoms with Crippen molar-refractivity contribution in [1.29, 1.82) is 0 Å². The Morgan fingerprint density at radius 2 is 1.70 bits per heavy atom. The Kier molecular flexibility index (Phi) is 6.04. The number of hydrogen-bond acceptors (Lipinski definition) is 5. The summed E-state index contributed by atoms with van der Waals surface area (Å²) >= 11 is 6.02. The molecule has 0 spiro atoms. The van der Waals surface area contributed by atoms with Crippen LogP contribution >= 0.6 is 11.6 Å². The molecule has 30 heavy (non-hydrogen) atoms. The smallest absolute Gasteiger partial charge is 0.168 e. The highest BCUT2D eigenvalue weighted by atomic mass is 35.5. The molecule has 1 saturated heterocycles. The van der Waals surface area contributed by atoms with E-state index in [1.165, 1.54) is 11.8 Å². The van der Waals surface area contributed by atoms with Gasteiger partial charge in [-0.25, -0.2) is 5.43 Å². The number of allylic oxidation sites excluding steroid dienone is 2. The van der Waals surface area contributed by atoms with E-state index in [-0.39, 0.29) is 35.6 Å². The van der Waals surface area contributed by atoms with Gasteiger partial charge in [-0.2, -0.15) is 0 Å². The van der Waals surface area contributed by atoms with Crippen LogP contribution in [0, 0.1) is 6.92 Å². The Hall–Kier alpha value is -2.47. The maximum absolute atomic E-state index is 12.8. The molecule has 4 atom stereocenters. The first kappa shape index (κ1) is 20.8. The second-order valence-electron chi connectivity index (χ2n) is 8.18. The summed E-state index contributed by atoms with van der Waals surface area (Å²) in [5.74, 6) is 0.126. The van der Waals surface area contributed by atoms with Crippen LogP contribution < -0.4 is 10.9 Å². The van der Waals surface area contributed by atoms with Gasteiger partial charge >= 0.3 is 0 Å². The molecule has 0 amide bonds. The molecule has 0 aromatic heterocycles. The van der Waals surface area contributed by atoms with Crippen molar-refractivity contribution in [2.45, 2.75) is 50.7 Å². The number of nitrogens with zero attached hydrogens (tertiary/aromatic N) is 1. The Morgan fingerprint density at radius 1 is 1.03 bits per heavy atom. The first-order valence-corrected chi connectivity index (χ1v) is 10.6. The average Bonchev–Trinajstić information content (AvgIpc) is 3.09. The van der Waals surface area contributed by atoms with Gasteiger partial charge in [0.15, 0.2) is 5.78 Å². The molecule has 2 aliphatic rings. The summed E-state index contributed by atoms with van der Waals surface area (Å²) in [4.78, 5) is 17.4. The highest BCUT2D eigenvalue weighted by molar-refractivity contribution is 6.30. The van der Waals surface area contributed by atoms with Crippen LogP contribution in [0.2, 0.25) is 5.02 Å². The fraction of sp³-hybridized carbons (Fsp3) is 0.333. The summed E-state index contributed by atoms with van der Waals surface area (Å²) < 4.78 is 0. The largest absolute Gasteiger partial charge is 0.511 e. The number of carbonyl (C=O) groups is 1. The van der Waals surface area contributed by atoms with E-state index in [0.29, 0.717) is 23.4 Å². The molecule has 1 fully saturated rings. The summed E-state index contributed by atoms with van der Waals surface area (Å²) in [5, 5.41) is 11.3. The highest BCUT2D eigenvalue weighted by Gasteiger charge is 2.34. The molecule has 1 aliphatic carbocycles. The van der Waals surface area contributed by atoms with Crippen molar-refractivity contribution in [1.82, 2.24) is 10.9 Å². The van der Waals surface area contributed by atoms with E-state index in [4.69, 9.17) is 11.6 Å². The molecule has 156 valence electrons. The first-order chi connectivity index (χ1) is 14.4. The Bertz CT molecular complexity index is 983. The van der Waals surface area contributed by atoms with E-state index in [9.17, 15) is 9.90 Å². The van der Waals surface area contributed by atoms with Gasteiger partial charge in [-0.05, 0) is 43.0 Å². The molecule has 0 radical (unpaired) electrons. The minimum atomic E-state index is -0.246. The normalized spacial score (nSPS) is 27.2. The van der Waals surface area contributed by atoms with Gasteiger partial charge in [0.1, 0.15) is 11.9 Å². The third kappa shape index (κ3) is 4.33. The molecule has 5 nitrogen and oxygen atoms in total. The van der Waals surface area contributed by atoms with E-state index in [2.05, 4.69) is 22.8 Å². The van der Waals surface area contributed by atoms with Crippen LogP contribution in [0.1, 0.15) is 48.3 Å². The third-order valence-corrected chi connectivity index (χ3v) is 6.24. The number of aliphatic imine (C=N–C) groups is 1. The standard InChI is InChI=1S/C24H26ClN3O2/c1-14-3-5-16(6-4-14)18-11-21(29)20(22(30)12-18)13-26-24-23(15(2)27-28-24)17-7-9-19(25)10-8-17/h3-10,13,15,18,23-24,27-29H,11-12H2,1-2H3/b26-13+. The van der Waals surface area contributed by atoms with E-state index < -0.39 is 0 Å². The minimum absolute atomic E-state index is 0.00311. The van der Waals surface area contributed by atoms with Crippen molar-refractivity contribution in [3.63, 3.8) is 0 Å². The van der Waals surface area contributed by atoms with Crippen molar-refractivity contribution in [2.75, 3.05) is 0 Å².